The van der Waals surface area contributed by atoms with Gasteiger partial charge in [0.15, 0.2) is 5.13 Å². The number of ether oxygens (including phenoxy) is 2. The lowest BCUT2D eigenvalue weighted by Crippen LogP contribution is -2.49. The molecule has 3 heterocycles. The van der Waals surface area contributed by atoms with Gasteiger partial charge < -0.3 is 19.3 Å². The highest BCUT2D eigenvalue weighted by molar-refractivity contribution is 7.22. The van der Waals surface area contributed by atoms with E-state index < -0.39 is 0 Å². The summed E-state index contributed by atoms with van der Waals surface area (Å²) in [6, 6.07) is 11.3. The smallest absolute Gasteiger partial charge is 0.274 e. The molecule has 0 aliphatic carbocycles. The summed E-state index contributed by atoms with van der Waals surface area (Å²) in [5.41, 5.74) is 2.68. The fourth-order valence-corrected chi connectivity index (χ4v) is 4.86. The molecule has 0 radical (unpaired) electrons. The van der Waals surface area contributed by atoms with E-state index in [4.69, 9.17) is 14.5 Å². The molecular weight excluding hydrogens is 414 g/mol. The summed E-state index contributed by atoms with van der Waals surface area (Å²) in [7, 11) is 3.29. The molecule has 2 aromatic heterocycles. The van der Waals surface area contributed by atoms with E-state index in [-0.39, 0.29) is 5.91 Å². The normalized spacial score (nSPS) is 14.3. The highest BCUT2D eigenvalue weighted by Crippen LogP contribution is 2.40. The van der Waals surface area contributed by atoms with Gasteiger partial charge in [0.25, 0.3) is 5.91 Å². The molecule has 0 spiro atoms. The quantitative estimate of drug-likeness (QED) is 0.487. The molecule has 8 nitrogen and oxygen atoms in total. The number of hydrogen-bond acceptors (Lipinski definition) is 8. The van der Waals surface area contributed by atoms with Crippen molar-refractivity contribution in [1.82, 2.24) is 19.9 Å². The Labute approximate surface area is 183 Å². The Kier molecular flexibility index (Phi) is 5.03. The first-order valence-corrected chi connectivity index (χ1v) is 10.8. The van der Waals surface area contributed by atoms with Gasteiger partial charge in [-0.15, -0.1) is 0 Å². The Balaban J connectivity index is 1.33. The van der Waals surface area contributed by atoms with Crippen LogP contribution in [0.4, 0.5) is 5.13 Å². The third kappa shape index (κ3) is 3.50. The van der Waals surface area contributed by atoms with Gasteiger partial charge in [0.2, 0.25) is 0 Å². The van der Waals surface area contributed by atoms with Crippen LogP contribution in [0.15, 0.2) is 42.6 Å². The minimum Gasteiger partial charge on any atom is -0.495 e. The number of methoxy groups -OCH3 is 2. The Morgan fingerprint density at radius 3 is 2.39 bits per heavy atom. The molecular formula is C22H21N5O3S. The third-order valence-electron chi connectivity index (χ3n) is 5.40. The van der Waals surface area contributed by atoms with Crippen LogP contribution in [0.5, 0.6) is 11.5 Å². The second-order valence-corrected chi connectivity index (χ2v) is 8.14. The number of nitrogens with zero attached hydrogens (tertiary/aromatic N) is 5. The summed E-state index contributed by atoms with van der Waals surface area (Å²) in [6.45, 7) is 2.57. The number of hydrogen-bond donors (Lipinski definition) is 0. The standard InChI is InChI=1S/C22H21N5O3S/c1-29-17-7-8-18(30-2)20-19(17)25-22(31-20)27-11-9-26(10-12-27)21(28)16-13-23-14-5-3-4-6-15(14)24-16/h3-8,13H,9-12H2,1-2H3. The molecule has 1 fully saturated rings. The minimum atomic E-state index is -0.0921. The highest BCUT2D eigenvalue weighted by atomic mass is 32.1. The van der Waals surface area contributed by atoms with E-state index in [0.717, 1.165) is 37.9 Å². The van der Waals surface area contributed by atoms with Crippen molar-refractivity contribution in [1.29, 1.82) is 0 Å². The molecule has 0 N–H and O–H groups in total. The Hall–Kier alpha value is -3.46. The first-order valence-electron chi connectivity index (χ1n) is 9.95. The topological polar surface area (TPSA) is 80.7 Å². The van der Waals surface area contributed by atoms with Crippen LogP contribution < -0.4 is 14.4 Å². The van der Waals surface area contributed by atoms with Gasteiger partial charge in [0.1, 0.15) is 27.4 Å². The molecule has 0 unspecified atom stereocenters. The van der Waals surface area contributed by atoms with E-state index >= 15 is 0 Å². The number of para-hydroxylation sites is 2. The van der Waals surface area contributed by atoms with Crippen LogP contribution in [0.1, 0.15) is 10.5 Å². The maximum atomic E-state index is 13.0. The summed E-state index contributed by atoms with van der Waals surface area (Å²) >= 11 is 1.58. The predicted octanol–water partition coefficient (Wildman–Crippen LogP) is 3.22. The molecule has 0 saturated carbocycles. The zero-order valence-corrected chi connectivity index (χ0v) is 18.1. The number of thiazole rings is 1. The second kappa shape index (κ2) is 7.99. The van der Waals surface area contributed by atoms with Crippen LogP contribution in [-0.4, -0.2) is 66.2 Å². The monoisotopic (exact) mass is 435 g/mol. The maximum Gasteiger partial charge on any atom is 0.274 e. The largest absolute Gasteiger partial charge is 0.495 e. The lowest BCUT2D eigenvalue weighted by atomic mass is 10.2. The molecule has 158 valence electrons. The highest BCUT2D eigenvalue weighted by Gasteiger charge is 2.26. The SMILES string of the molecule is COc1ccc(OC)c2sc(N3CCN(C(=O)c4cnc5ccccc5n4)CC3)nc12. The molecule has 1 aliphatic heterocycles. The summed E-state index contributed by atoms with van der Waals surface area (Å²) < 4.78 is 11.9. The Morgan fingerprint density at radius 2 is 1.65 bits per heavy atom. The minimum absolute atomic E-state index is 0.0921. The molecule has 2 aromatic carbocycles. The first kappa shape index (κ1) is 19.5. The number of carbonyl (C=O) groups is 1. The van der Waals surface area contributed by atoms with Gasteiger partial charge in [0, 0.05) is 26.2 Å². The lowest BCUT2D eigenvalue weighted by molar-refractivity contribution is 0.0741. The number of rotatable bonds is 4. The zero-order chi connectivity index (χ0) is 21.4. The van der Waals surface area contributed by atoms with Gasteiger partial charge in [-0.05, 0) is 24.3 Å². The van der Waals surface area contributed by atoms with E-state index in [1.165, 1.54) is 0 Å². The number of amides is 1. The molecule has 9 heteroatoms. The Morgan fingerprint density at radius 1 is 0.935 bits per heavy atom. The van der Waals surface area contributed by atoms with Crippen LogP contribution in [0, 0.1) is 0 Å². The molecule has 31 heavy (non-hydrogen) atoms. The fourth-order valence-electron chi connectivity index (χ4n) is 3.73. The van der Waals surface area contributed by atoms with Crippen molar-refractivity contribution < 1.29 is 14.3 Å². The first-order chi connectivity index (χ1) is 15.2. The molecule has 5 rings (SSSR count). The summed E-state index contributed by atoms with van der Waals surface area (Å²) in [6.07, 6.45) is 1.56. The maximum absolute atomic E-state index is 13.0. The van der Waals surface area contributed by atoms with Crippen LogP contribution >= 0.6 is 11.3 Å². The second-order valence-electron chi connectivity index (χ2n) is 7.17. The molecule has 4 aromatic rings. The van der Waals surface area contributed by atoms with Gasteiger partial charge in [-0.1, -0.05) is 23.5 Å². The van der Waals surface area contributed by atoms with Crippen molar-refractivity contribution in [2.45, 2.75) is 0 Å². The van der Waals surface area contributed by atoms with Crippen LogP contribution in [-0.2, 0) is 0 Å². The average molecular weight is 436 g/mol. The number of benzene rings is 2. The number of carbonyl (C=O) groups excluding carboxylic acids is 1. The van der Waals surface area contributed by atoms with Crippen molar-refractivity contribution >= 4 is 43.6 Å². The average Bonchev–Trinajstić information content (AvgIpc) is 3.28. The van der Waals surface area contributed by atoms with Crippen molar-refractivity contribution in [3.63, 3.8) is 0 Å². The van der Waals surface area contributed by atoms with E-state index in [1.54, 1.807) is 31.8 Å². The van der Waals surface area contributed by atoms with E-state index in [9.17, 15) is 4.79 Å². The zero-order valence-electron chi connectivity index (χ0n) is 17.2. The van der Waals surface area contributed by atoms with Crippen LogP contribution in [0.25, 0.3) is 21.3 Å². The molecule has 1 saturated heterocycles. The van der Waals surface area contributed by atoms with Crippen LogP contribution in [0.3, 0.4) is 0 Å². The predicted molar refractivity (Wildman–Crippen MR) is 120 cm³/mol. The van der Waals surface area contributed by atoms with Gasteiger partial charge in [0.05, 0.1) is 31.4 Å². The summed E-state index contributed by atoms with van der Waals surface area (Å²) in [5, 5.41) is 0.899. The summed E-state index contributed by atoms with van der Waals surface area (Å²) in [5.74, 6) is 1.41. The van der Waals surface area contributed by atoms with Crippen molar-refractivity contribution in [3.05, 3.63) is 48.3 Å². The molecule has 1 aliphatic rings. The van der Waals surface area contributed by atoms with Gasteiger partial charge in [-0.25, -0.2) is 9.97 Å². The number of aromatic nitrogens is 3. The molecule has 0 atom stereocenters. The van der Waals surface area contributed by atoms with Gasteiger partial charge in [-0.3, -0.25) is 9.78 Å². The number of piperazine rings is 1. The Bertz CT molecular complexity index is 1230. The molecule has 1 amide bonds. The van der Waals surface area contributed by atoms with Gasteiger partial charge >= 0.3 is 0 Å². The lowest BCUT2D eigenvalue weighted by Gasteiger charge is -2.34. The molecule has 0 bridgehead atoms. The van der Waals surface area contributed by atoms with Crippen molar-refractivity contribution in [2.24, 2.45) is 0 Å². The van der Waals surface area contributed by atoms with Gasteiger partial charge in [-0.2, -0.15) is 0 Å². The van der Waals surface area contributed by atoms with E-state index in [1.807, 2.05) is 41.3 Å². The third-order valence-corrected chi connectivity index (χ3v) is 6.53. The number of anilines is 1. The van der Waals surface area contributed by atoms with E-state index in [2.05, 4.69) is 14.9 Å². The summed E-state index contributed by atoms with van der Waals surface area (Å²) in [4.78, 5) is 30.6. The fraction of sp³-hybridized carbons (Fsp3) is 0.273. The van der Waals surface area contributed by atoms with E-state index in [0.29, 0.717) is 31.9 Å². The van der Waals surface area contributed by atoms with Crippen molar-refractivity contribution in [3.8, 4) is 11.5 Å². The van der Waals surface area contributed by atoms with Crippen LogP contribution in [0.2, 0.25) is 0 Å². The van der Waals surface area contributed by atoms with Crippen molar-refractivity contribution in [2.75, 3.05) is 45.3 Å². The number of fused-ring (bicyclic) bond motifs is 2.